The molecule has 144 valence electrons. The lowest BCUT2D eigenvalue weighted by molar-refractivity contribution is -0.117. The van der Waals surface area contributed by atoms with E-state index in [9.17, 15) is 14.0 Å². The van der Waals surface area contributed by atoms with Gasteiger partial charge in [0.1, 0.15) is 6.33 Å². The zero-order valence-electron chi connectivity index (χ0n) is 15.1. The minimum atomic E-state index is -0.387. The second-order valence-corrected chi connectivity index (χ2v) is 6.30. The first-order chi connectivity index (χ1) is 13.5. The van der Waals surface area contributed by atoms with E-state index in [-0.39, 0.29) is 36.7 Å². The van der Waals surface area contributed by atoms with Crippen LogP contribution in [0, 0.1) is 0 Å². The van der Waals surface area contributed by atoms with Crippen LogP contribution in [0.2, 0.25) is 0 Å². The third kappa shape index (κ3) is 4.24. The highest BCUT2D eigenvalue weighted by atomic mass is 19.1. The van der Waals surface area contributed by atoms with Crippen LogP contribution in [0.3, 0.4) is 0 Å². The Morgan fingerprint density at radius 3 is 2.54 bits per heavy atom. The van der Waals surface area contributed by atoms with Crippen molar-refractivity contribution in [2.75, 3.05) is 6.54 Å². The zero-order chi connectivity index (χ0) is 20.1. The highest BCUT2D eigenvalue weighted by molar-refractivity contribution is 5.77. The molecule has 3 rings (SSSR count). The van der Waals surface area contributed by atoms with Crippen molar-refractivity contribution in [2.45, 2.75) is 13.0 Å². The average Bonchev–Trinajstić information content (AvgIpc) is 3.06. The Bertz CT molecular complexity index is 1070. The quantitative estimate of drug-likeness (QED) is 0.647. The second-order valence-electron chi connectivity index (χ2n) is 6.30. The molecule has 0 aliphatic rings. The predicted molar refractivity (Wildman–Crippen MR) is 104 cm³/mol. The van der Waals surface area contributed by atoms with Crippen LogP contribution in [0.5, 0.6) is 0 Å². The highest BCUT2D eigenvalue weighted by Crippen LogP contribution is 2.22. The van der Waals surface area contributed by atoms with Crippen LogP contribution in [0.4, 0.5) is 4.39 Å². The number of nitrogens with two attached hydrogens (primary N) is 2. The standard InChI is InChI=1S/C20H20FN5O2/c21-10-15(11-22)12-26-20(28)25(13-24-26)18-3-1-2-17(9-18)16-6-4-14(5-7-16)8-19(23)27/h1-7,9-10,13H,8,11-12,22H2,(H2,23,27)/b15-10+. The molecule has 0 radical (unpaired) electrons. The van der Waals surface area contributed by atoms with Crippen LogP contribution < -0.4 is 17.2 Å². The van der Waals surface area contributed by atoms with Gasteiger partial charge in [0.05, 0.1) is 25.0 Å². The average molecular weight is 381 g/mol. The number of nitrogens with zero attached hydrogens (tertiary/aromatic N) is 3. The van der Waals surface area contributed by atoms with Crippen molar-refractivity contribution in [1.82, 2.24) is 14.3 Å². The first-order valence-corrected chi connectivity index (χ1v) is 8.62. The van der Waals surface area contributed by atoms with E-state index in [1.54, 1.807) is 6.07 Å². The van der Waals surface area contributed by atoms with E-state index in [0.29, 0.717) is 12.0 Å². The first-order valence-electron chi connectivity index (χ1n) is 8.62. The van der Waals surface area contributed by atoms with Crippen molar-refractivity contribution in [3.63, 3.8) is 0 Å². The molecule has 0 atom stereocenters. The molecule has 1 aromatic heterocycles. The van der Waals surface area contributed by atoms with Gasteiger partial charge in [0.15, 0.2) is 0 Å². The fraction of sp³-hybridized carbons (Fsp3) is 0.150. The maximum atomic E-state index is 12.7. The van der Waals surface area contributed by atoms with Gasteiger partial charge in [-0.15, -0.1) is 0 Å². The molecule has 7 nitrogen and oxygen atoms in total. The molecule has 3 aromatic rings. The van der Waals surface area contributed by atoms with E-state index in [0.717, 1.165) is 21.4 Å². The second kappa shape index (κ2) is 8.45. The number of hydrogen-bond donors (Lipinski definition) is 2. The van der Waals surface area contributed by atoms with Gasteiger partial charge in [-0.1, -0.05) is 36.4 Å². The van der Waals surface area contributed by atoms with Crippen LogP contribution in [-0.2, 0) is 17.8 Å². The summed E-state index contributed by atoms with van der Waals surface area (Å²) in [4.78, 5) is 23.6. The number of carbonyl (C=O) groups is 1. The van der Waals surface area contributed by atoms with Gasteiger partial charge >= 0.3 is 5.69 Å². The lowest BCUT2D eigenvalue weighted by Gasteiger charge is -2.07. The van der Waals surface area contributed by atoms with E-state index in [4.69, 9.17) is 11.5 Å². The van der Waals surface area contributed by atoms with E-state index in [2.05, 4.69) is 5.10 Å². The lowest BCUT2D eigenvalue weighted by Crippen LogP contribution is -2.25. The normalized spacial score (nSPS) is 11.6. The fourth-order valence-electron chi connectivity index (χ4n) is 2.81. The summed E-state index contributed by atoms with van der Waals surface area (Å²) >= 11 is 0. The minimum Gasteiger partial charge on any atom is -0.369 e. The summed E-state index contributed by atoms with van der Waals surface area (Å²) in [5.74, 6) is -0.383. The summed E-state index contributed by atoms with van der Waals surface area (Å²) < 4.78 is 15.3. The summed E-state index contributed by atoms with van der Waals surface area (Å²) in [6.45, 7) is 0.0108. The maximum Gasteiger partial charge on any atom is 0.350 e. The van der Waals surface area contributed by atoms with Crippen molar-refractivity contribution < 1.29 is 9.18 Å². The monoisotopic (exact) mass is 381 g/mol. The van der Waals surface area contributed by atoms with E-state index < -0.39 is 0 Å². The topological polar surface area (TPSA) is 109 Å². The van der Waals surface area contributed by atoms with E-state index in [1.807, 2.05) is 42.5 Å². The van der Waals surface area contributed by atoms with Crippen LogP contribution >= 0.6 is 0 Å². The molecule has 8 heteroatoms. The molecule has 0 bridgehead atoms. The van der Waals surface area contributed by atoms with Crippen molar-refractivity contribution in [1.29, 1.82) is 0 Å². The Labute approximate surface area is 160 Å². The lowest BCUT2D eigenvalue weighted by atomic mass is 10.0. The minimum absolute atomic E-state index is 0.000150. The largest absolute Gasteiger partial charge is 0.369 e. The molecule has 0 fully saturated rings. The summed E-state index contributed by atoms with van der Waals surface area (Å²) in [6.07, 6.45) is 1.98. The number of halogens is 1. The number of amides is 1. The number of rotatable bonds is 7. The summed E-state index contributed by atoms with van der Waals surface area (Å²) in [7, 11) is 0. The van der Waals surface area contributed by atoms with Crippen molar-refractivity contribution in [2.24, 2.45) is 11.5 Å². The third-order valence-corrected chi connectivity index (χ3v) is 4.29. The van der Waals surface area contributed by atoms with Crippen LogP contribution in [0.1, 0.15) is 5.56 Å². The van der Waals surface area contributed by atoms with E-state index >= 15 is 0 Å². The smallest absolute Gasteiger partial charge is 0.350 e. The van der Waals surface area contributed by atoms with Crippen molar-refractivity contribution in [3.8, 4) is 16.8 Å². The number of carbonyl (C=O) groups excluding carboxylic acids is 1. The Morgan fingerprint density at radius 2 is 1.89 bits per heavy atom. The van der Waals surface area contributed by atoms with Crippen molar-refractivity contribution >= 4 is 5.91 Å². The molecule has 0 saturated heterocycles. The Hall–Kier alpha value is -3.52. The maximum absolute atomic E-state index is 12.7. The molecule has 0 unspecified atom stereocenters. The van der Waals surface area contributed by atoms with Gasteiger partial charge in [0.25, 0.3) is 0 Å². The Morgan fingerprint density at radius 1 is 1.14 bits per heavy atom. The number of benzene rings is 2. The van der Waals surface area contributed by atoms with Crippen LogP contribution in [0.15, 0.2) is 71.6 Å². The highest BCUT2D eigenvalue weighted by Gasteiger charge is 2.10. The summed E-state index contributed by atoms with van der Waals surface area (Å²) in [5.41, 5.74) is 13.8. The van der Waals surface area contributed by atoms with Crippen molar-refractivity contribution in [3.05, 3.63) is 82.8 Å². The molecule has 0 saturated carbocycles. The van der Waals surface area contributed by atoms with Crippen LogP contribution in [-0.4, -0.2) is 26.8 Å². The van der Waals surface area contributed by atoms with E-state index in [1.165, 1.54) is 10.9 Å². The van der Waals surface area contributed by atoms with Crippen LogP contribution in [0.25, 0.3) is 16.8 Å². The molecule has 0 aliphatic heterocycles. The predicted octanol–water partition coefficient (Wildman–Crippen LogP) is 1.54. The Balaban J connectivity index is 1.89. The molecule has 1 heterocycles. The molecule has 4 N–H and O–H groups in total. The Kier molecular flexibility index (Phi) is 5.81. The van der Waals surface area contributed by atoms with Gasteiger partial charge in [-0.2, -0.15) is 5.10 Å². The summed E-state index contributed by atoms with van der Waals surface area (Å²) in [5, 5.41) is 4.03. The molecular weight excluding hydrogens is 361 g/mol. The first kappa shape index (κ1) is 19.2. The molecule has 1 amide bonds. The number of aromatic nitrogens is 3. The number of primary amides is 1. The van der Waals surface area contributed by atoms with Gasteiger partial charge in [-0.05, 0) is 34.4 Å². The molecule has 0 spiro atoms. The molecular formula is C20H20FN5O2. The number of hydrogen-bond acceptors (Lipinski definition) is 4. The van der Waals surface area contributed by atoms with Gasteiger partial charge in [0, 0.05) is 6.54 Å². The zero-order valence-corrected chi connectivity index (χ0v) is 15.1. The summed E-state index contributed by atoms with van der Waals surface area (Å²) in [6, 6.07) is 14.9. The molecule has 0 aliphatic carbocycles. The molecule has 2 aromatic carbocycles. The fourth-order valence-corrected chi connectivity index (χ4v) is 2.81. The van der Waals surface area contributed by atoms with Gasteiger partial charge in [0.2, 0.25) is 5.91 Å². The van der Waals surface area contributed by atoms with Gasteiger partial charge < -0.3 is 11.5 Å². The molecule has 28 heavy (non-hydrogen) atoms. The third-order valence-electron chi connectivity index (χ3n) is 4.29. The van der Waals surface area contributed by atoms with Gasteiger partial charge in [-0.25, -0.2) is 18.4 Å². The van der Waals surface area contributed by atoms with Gasteiger partial charge in [-0.3, -0.25) is 4.79 Å². The SMILES string of the molecule is NC/C(=C\F)Cn1ncn(-c2cccc(-c3ccc(CC(N)=O)cc3)c2)c1=O.